The highest BCUT2D eigenvalue weighted by Gasteiger charge is 2.24. The summed E-state index contributed by atoms with van der Waals surface area (Å²) in [5, 5.41) is 13.2. The first-order valence-corrected chi connectivity index (χ1v) is 23.2. The van der Waals surface area contributed by atoms with Crippen LogP contribution < -0.4 is 5.32 Å². The number of aliphatic hydroxyl groups is 1. The van der Waals surface area contributed by atoms with Crippen LogP contribution in [0.2, 0.25) is 0 Å². The van der Waals surface area contributed by atoms with Crippen molar-refractivity contribution in [1.82, 2.24) is 5.32 Å². The molecule has 2 atom stereocenters. The molecule has 2 unspecified atom stereocenters. The molecule has 6 nitrogen and oxygen atoms in total. The number of carbonyl (C=O) groups is 1. The molecule has 0 spiro atoms. The zero-order valence-electron chi connectivity index (χ0n) is 34.1. The number of hydrogen-bond acceptors (Lipinski definition) is 4. The van der Waals surface area contributed by atoms with Gasteiger partial charge in [-0.1, -0.05) is 189 Å². The van der Waals surface area contributed by atoms with E-state index in [2.05, 4.69) is 79.9 Å². The Labute approximate surface area is 327 Å². The fourth-order valence-electron chi connectivity index (χ4n) is 6.16. The van der Waals surface area contributed by atoms with Crippen molar-refractivity contribution in [3.8, 4) is 0 Å². The maximum absolute atomic E-state index is 12.5. The summed E-state index contributed by atoms with van der Waals surface area (Å²) >= 11 is 0. The fraction of sp³-hybridized carbons (Fsp3) is 0.717. The van der Waals surface area contributed by atoms with Crippen molar-refractivity contribution in [2.24, 2.45) is 0 Å². The number of amides is 1. The minimum atomic E-state index is -4.37. The Bertz CT molecular complexity index is 1100. The summed E-state index contributed by atoms with van der Waals surface area (Å²) < 4.78 is 32.5. The normalized spacial score (nSPS) is 14.0. The van der Waals surface area contributed by atoms with E-state index in [0.717, 1.165) is 64.2 Å². The Morgan fingerprint density at radius 3 is 1.42 bits per heavy atom. The molecule has 0 aromatic carbocycles. The van der Waals surface area contributed by atoms with Crippen LogP contribution in [0.1, 0.15) is 194 Å². The summed E-state index contributed by atoms with van der Waals surface area (Å²) in [6.45, 7) is 4.41. The largest absolute Gasteiger partial charge is 0.387 e. The van der Waals surface area contributed by atoms with Crippen LogP contribution >= 0.6 is 0 Å². The lowest BCUT2D eigenvalue weighted by Crippen LogP contribution is -2.46. The highest BCUT2D eigenvalue weighted by Crippen LogP contribution is 2.14. The van der Waals surface area contributed by atoms with Gasteiger partial charge >= 0.3 is 0 Å². The molecule has 0 bridgehead atoms. The SMILES string of the molecule is CC/C=C\C/C=C\C/C=C\C/C=C\CCCCCCC(=O)NC(CS(=O)(=O)O)C(O)/C=C/CC/C=C/CCCCCCCCCCCCCCCCC. The van der Waals surface area contributed by atoms with Gasteiger partial charge in [-0.2, -0.15) is 8.42 Å². The van der Waals surface area contributed by atoms with Crippen LogP contribution in [0.15, 0.2) is 72.9 Å². The molecule has 0 saturated carbocycles. The zero-order valence-corrected chi connectivity index (χ0v) is 34.9. The van der Waals surface area contributed by atoms with E-state index in [-0.39, 0.29) is 12.3 Å². The third-order valence-corrected chi connectivity index (χ3v) is 10.1. The summed E-state index contributed by atoms with van der Waals surface area (Å²) in [4.78, 5) is 12.5. The average Bonchev–Trinajstić information content (AvgIpc) is 3.12. The summed E-state index contributed by atoms with van der Waals surface area (Å²) in [6.07, 6.45) is 56.1. The molecule has 53 heavy (non-hydrogen) atoms. The van der Waals surface area contributed by atoms with Gasteiger partial charge in [-0.3, -0.25) is 9.35 Å². The molecule has 0 heterocycles. The molecule has 0 aromatic rings. The second-order valence-electron chi connectivity index (χ2n) is 14.6. The number of nitrogens with one attached hydrogen (secondary N) is 1. The third-order valence-electron chi connectivity index (χ3n) is 9.37. The highest BCUT2D eigenvalue weighted by molar-refractivity contribution is 7.85. The van der Waals surface area contributed by atoms with E-state index in [0.29, 0.717) is 12.8 Å². The molecule has 0 aromatic heterocycles. The Hall–Kier alpha value is -2.22. The minimum Gasteiger partial charge on any atom is -0.387 e. The second-order valence-corrected chi connectivity index (χ2v) is 16.1. The van der Waals surface area contributed by atoms with Crippen molar-refractivity contribution in [3.63, 3.8) is 0 Å². The van der Waals surface area contributed by atoms with E-state index in [1.807, 2.05) is 6.08 Å². The molecule has 0 saturated heterocycles. The molecular weight excluding hydrogens is 679 g/mol. The van der Waals surface area contributed by atoms with E-state index in [9.17, 15) is 22.9 Å². The smallest absolute Gasteiger partial charge is 0.267 e. The van der Waals surface area contributed by atoms with Gasteiger partial charge in [0.2, 0.25) is 5.91 Å². The van der Waals surface area contributed by atoms with Gasteiger partial charge in [0.05, 0.1) is 17.9 Å². The quantitative estimate of drug-likeness (QED) is 0.0330. The van der Waals surface area contributed by atoms with Crippen molar-refractivity contribution in [2.75, 3.05) is 5.75 Å². The van der Waals surface area contributed by atoms with E-state index < -0.39 is 28.0 Å². The summed E-state index contributed by atoms with van der Waals surface area (Å²) in [5.74, 6) is -1.04. The lowest BCUT2D eigenvalue weighted by Gasteiger charge is -2.21. The standard InChI is InChI=1S/C46H81NO5S/c1-3-5-7-9-11-13-15-17-19-21-22-23-24-26-27-29-31-33-35-37-39-41-45(48)44(43-53(50,51)52)47-46(49)42-40-38-36-34-32-30-28-25-20-18-16-14-12-10-8-6-4-2/h6,8,12,14,18,20,28,30-31,33,39,41,44-45,48H,3-5,7,9-11,13,15-17,19,21-27,29,32,34-38,40,42-43H2,1-2H3,(H,47,49)(H,50,51,52)/b8-6-,14-12-,20-18-,30-28-,33-31+,41-39+. The van der Waals surface area contributed by atoms with Crippen LogP contribution in [-0.4, -0.2) is 41.9 Å². The molecule has 0 radical (unpaired) electrons. The van der Waals surface area contributed by atoms with Gasteiger partial charge in [-0.15, -0.1) is 0 Å². The molecule has 0 fully saturated rings. The molecule has 306 valence electrons. The lowest BCUT2D eigenvalue weighted by atomic mass is 10.0. The Kier molecular flexibility index (Phi) is 37.8. The Morgan fingerprint density at radius 1 is 0.528 bits per heavy atom. The number of rotatable bonds is 38. The van der Waals surface area contributed by atoms with E-state index in [1.54, 1.807) is 0 Å². The van der Waals surface area contributed by atoms with Gasteiger partial charge in [-0.25, -0.2) is 0 Å². The van der Waals surface area contributed by atoms with Gasteiger partial charge in [0.25, 0.3) is 10.1 Å². The van der Waals surface area contributed by atoms with Gasteiger partial charge < -0.3 is 10.4 Å². The Balaban J connectivity index is 3.99. The second kappa shape index (κ2) is 39.5. The van der Waals surface area contributed by atoms with Crippen LogP contribution in [0.5, 0.6) is 0 Å². The van der Waals surface area contributed by atoms with Crippen molar-refractivity contribution in [3.05, 3.63) is 72.9 Å². The van der Waals surface area contributed by atoms with E-state index in [1.165, 1.54) is 102 Å². The third kappa shape index (κ3) is 40.8. The molecule has 7 heteroatoms. The molecule has 0 rings (SSSR count). The van der Waals surface area contributed by atoms with Gasteiger partial charge in [-0.05, 0) is 70.6 Å². The fourth-order valence-corrected chi connectivity index (χ4v) is 6.90. The lowest BCUT2D eigenvalue weighted by molar-refractivity contribution is -0.122. The summed E-state index contributed by atoms with van der Waals surface area (Å²) in [6, 6.07) is -1.09. The van der Waals surface area contributed by atoms with E-state index >= 15 is 0 Å². The first kappa shape index (κ1) is 50.8. The van der Waals surface area contributed by atoms with Crippen molar-refractivity contribution in [2.45, 2.75) is 206 Å². The molecule has 0 aliphatic rings. The summed E-state index contributed by atoms with van der Waals surface area (Å²) in [7, 11) is -4.37. The average molecular weight is 760 g/mol. The van der Waals surface area contributed by atoms with Crippen LogP contribution in [0, 0.1) is 0 Å². The maximum atomic E-state index is 12.5. The van der Waals surface area contributed by atoms with Crippen LogP contribution in [-0.2, 0) is 14.9 Å². The monoisotopic (exact) mass is 760 g/mol. The first-order valence-electron chi connectivity index (χ1n) is 21.6. The number of carbonyl (C=O) groups excluding carboxylic acids is 1. The van der Waals surface area contributed by atoms with Crippen molar-refractivity contribution >= 4 is 16.0 Å². The van der Waals surface area contributed by atoms with Crippen LogP contribution in [0.3, 0.4) is 0 Å². The zero-order chi connectivity index (χ0) is 38.9. The molecule has 1 amide bonds. The highest BCUT2D eigenvalue weighted by atomic mass is 32.2. The molecule has 0 aliphatic carbocycles. The topological polar surface area (TPSA) is 104 Å². The number of hydrogen-bond donors (Lipinski definition) is 3. The summed E-state index contributed by atoms with van der Waals surface area (Å²) in [5.41, 5.74) is 0. The van der Waals surface area contributed by atoms with Gasteiger partial charge in [0, 0.05) is 6.42 Å². The molecule has 0 aliphatic heterocycles. The predicted octanol–water partition coefficient (Wildman–Crippen LogP) is 13.0. The maximum Gasteiger partial charge on any atom is 0.267 e. The minimum absolute atomic E-state index is 0.256. The van der Waals surface area contributed by atoms with Gasteiger partial charge in [0.1, 0.15) is 0 Å². The van der Waals surface area contributed by atoms with Crippen molar-refractivity contribution < 1.29 is 22.9 Å². The van der Waals surface area contributed by atoms with Crippen molar-refractivity contribution in [1.29, 1.82) is 0 Å². The Morgan fingerprint density at radius 2 is 0.925 bits per heavy atom. The number of unbranched alkanes of at least 4 members (excludes halogenated alkanes) is 20. The van der Waals surface area contributed by atoms with Crippen LogP contribution in [0.4, 0.5) is 0 Å². The van der Waals surface area contributed by atoms with E-state index in [4.69, 9.17) is 0 Å². The number of aliphatic hydroxyl groups excluding tert-OH is 1. The predicted molar refractivity (Wildman–Crippen MR) is 230 cm³/mol. The molecular formula is C46H81NO5S. The molecule has 3 N–H and O–H groups in total. The van der Waals surface area contributed by atoms with Crippen LogP contribution in [0.25, 0.3) is 0 Å². The van der Waals surface area contributed by atoms with Gasteiger partial charge in [0.15, 0.2) is 0 Å². The first-order chi connectivity index (χ1) is 25.8. The number of allylic oxidation sites excluding steroid dienone is 11.